The second-order valence-corrected chi connectivity index (χ2v) is 4.80. The monoisotopic (exact) mass is 175 g/mol. The van der Waals surface area contributed by atoms with Crippen molar-refractivity contribution in [2.45, 2.75) is 33.1 Å². The summed E-state index contributed by atoms with van der Waals surface area (Å²) in [5.41, 5.74) is 10.1. The molecule has 0 spiro atoms. The van der Waals surface area contributed by atoms with Crippen LogP contribution in [0.2, 0.25) is 0 Å². The van der Waals surface area contributed by atoms with Crippen LogP contribution in [0.1, 0.15) is 37.8 Å². The van der Waals surface area contributed by atoms with Gasteiger partial charge in [0.25, 0.3) is 0 Å². The highest BCUT2D eigenvalue weighted by molar-refractivity contribution is 5.55. The van der Waals surface area contributed by atoms with Crippen molar-refractivity contribution in [1.82, 2.24) is 0 Å². The summed E-state index contributed by atoms with van der Waals surface area (Å²) in [7, 11) is 0. The van der Waals surface area contributed by atoms with E-state index in [4.69, 9.17) is 5.73 Å². The summed E-state index contributed by atoms with van der Waals surface area (Å²) in [6.07, 6.45) is 1.12. The summed E-state index contributed by atoms with van der Waals surface area (Å²) in [6.45, 7) is 6.93. The van der Waals surface area contributed by atoms with Crippen LogP contribution >= 0.6 is 0 Å². The molecule has 13 heavy (non-hydrogen) atoms. The van der Waals surface area contributed by atoms with Gasteiger partial charge in [-0.3, -0.25) is 0 Å². The van der Waals surface area contributed by atoms with Crippen LogP contribution in [0, 0.1) is 5.41 Å². The van der Waals surface area contributed by atoms with Crippen molar-refractivity contribution < 1.29 is 0 Å². The standard InChI is InChI=1S/C12H17N/c1-8-9-5-4-6-11(13)10(9)7-12(8,2)3/h4-6,8H,7,13H2,1-3H3/t8-/m1/s1. The molecule has 0 radical (unpaired) electrons. The maximum atomic E-state index is 5.96. The molecule has 2 rings (SSSR count). The van der Waals surface area contributed by atoms with Crippen molar-refractivity contribution in [3.05, 3.63) is 29.3 Å². The van der Waals surface area contributed by atoms with Gasteiger partial charge >= 0.3 is 0 Å². The Labute approximate surface area is 80.0 Å². The van der Waals surface area contributed by atoms with Gasteiger partial charge in [-0.2, -0.15) is 0 Å². The van der Waals surface area contributed by atoms with E-state index >= 15 is 0 Å². The van der Waals surface area contributed by atoms with Crippen LogP contribution in [0.4, 0.5) is 5.69 Å². The maximum absolute atomic E-state index is 5.96. The highest BCUT2D eigenvalue weighted by Crippen LogP contribution is 2.47. The summed E-state index contributed by atoms with van der Waals surface area (Å²) >= 11 is 0. The second kappa shape index (κ2) is 2.50. The number of fused-ring (bicyclic) bond motifs is 1. The number of benzene rings is 1. The van der Waals surface area contributed by atoms with Gasteiger partial charge in [-0.05, 0) is 34.9 Å². The van der Waals surface area contributed by atoms with Crippen LogP contribution in [0.25, 0.3) is 0 Å². The lowest BCUT2D eigenvalue weighted by atomic mass is 9.81. The van der Waals surface area contributed by atoms with E-state index in [1.165, 1.54) is 11.1 Å². The molecule has 1 aromatic carbocycles. The molecule has 0 fully saturated rings. The first kappa shape index (κ1) is 8.61. The van der Waals surface area contributed by atoms with Crippen molar-refractivity contribution in [3.63, 3.8) is 0 Å². The van der Waals surface area contributed by atoms with E-state index in [0.29, 0.717) is 11.3 Å². The van der Waals surface area contributed by atoms with Crippen LogP contribution in [0.5, 0.6) is 0 Å². The number of rotatable bonds is 0. The molecule has 1 aromatic rings. The van der Waals surface area contributed by atoms with Gasteiger partial charge in [0.05, 0.1) is 0 Å². The molecule has 1 aliphatic carbocycles. The van der Waals surface area contributed by atoms with Crippen LogP contribution in [-0.2, 0) is 6.42 Å². The smallest absolute Gasteiger partial charge is 0.0349 e. The summed E-state index contributed by atoms with van der Waals surface area (Å²) < 4.78 is 0. The molecule has 1 heteroatoms. The fourth-order valence-corrected chi connectivity index (χ4v) is 2.26. The number of nitrogen functional groups attached to an aromatic ring is 1. The van der Waals surface area contributed by atoms with E-state index < -0.39 is 0 Å². The summed E-state index contributed by atoms with van der Waals surface area (Å²) in [6, 6.07) is 6.28. The van der Waals surface area contributed by atoms with Crippen LogP contribution in [0.15, 0.2) is 18.2 Å². The van der Waals surface area contributed by atoms with Crippen LogP contribution < -0.4 is 5.73 Å². The Kier molecular flexibility index (Phi) is 1.66. The normalized spacial score (nSPS) is 24.4. The topological polar surface area (TPSA) is 26.0 Å². The second-order valence-electron chi connectivity index (χ2n) is 4.80. The fraction of sp³-hybridized carbons (Fsp3) is 0.500. The molecular formula is C12H17N. The number of hydrogen-bond donors (Lipinski definition) is 1. The average molecular weight is 175 g/mol. The van der Waals surface area contributed by atoms with Gasteiger partial charge in [-0.15, -0.1) is 0 Å². The molecule has 1 atom stereocenters. The van der Waals surface area contributed by atoms with Crippen molar-refractivity contribution in [2.24, 2.45) is 5.41 Å². The largest absolute Gasteiger partial charge is 0.398 e. The quantitative estimate of drug-likeness (QED) is 0.603. The van der Waals surface area contributed by atoms with E-state index in [9.17, 15) is 0 Å². The molecule has 0 saturated heterocycles. The summed E-state index contributed by atoms with van der Waals surface area (Å²) in [4.78, 5) is 0. The molecule has 0 aliphatic heterocycles. The fourth-order valence-electron chi connectivity index (χ4n) is 2.26. The third kappa shape index (κ3) is 1.14. The van der Waals surface area contributed by atoms with Crippen molar-refractivity contribution >= 4 is 5.69 Å². The maximum Gasteiger partial charge on any atom is 0.0349 e. The number of anilines is 1. The van der Waals surface area contributed by atoms with Crippen LogP contribution in [0.3, 0.4) is 0 Å². The Hall–Kier alpha value is -0.980. The van der Waals surface area contributed by atoms with Gasteiger partial charge in [0.1, 0.15) is 0 Å². The SMILES string of the molecule is C[C@@H]1c2cccc(N)c2CC1(C)C. The van der Waals surface area contributed by atoms with Gasteiger partial charge in [0.15, 0.2) is 0 Å². The van der Waals surface area contributed by atoms with E-state index in [1.807, 2.05) is 6.07 Å². The molecule has 0 bridgehead atoms. The van der Waals surface area contributed by atoms with Gasteiger partial charge < -0.3 is 5.73 Å². The number of nitrogens with two attached hydrogens (primary N) is 1. The van der Waals surface area contributed by atoms with Crippen molar-refractivity contribution in [2.75, 3.05) is 5.73 Å². The lowest BCUT2D eigenvalue weighted by Crippen LogP contribution is -2.14. The molecule has 1 aliphatic rings. The van der Waals surface area contributed by atoms with Crippen LogP contribution in [-0.4, -0.2) is 0 Å². The van der Waals surface area contributed by atoms with Gasteiger partial charge in [-0.1, -0.05) is 32.9 Å². The molecule has 0 heterocycles. The highest BCUT2D eigenvalue weighted by atomic mass is 14.6. The highest BCUT2D eigenvalue weighted by Gasteiger charge is 2.36. The Balaban J connectivity index is 2.56. The van der Waals surface area contributed by atoms with E-state index in [0.717, 1.165) is 12.1 Å². The molecule has 0 unspecified atom stereocenters. The zero-order valence-electron chi connectivity index (χ0n) is 8.59. The lowest BCUT2D eigenvalue weighted by Gasteiger charge is -2.23. The third-order valence-corrected chi connectivity index (χ3v) is 3.52. The van der Waals surface area contributed by atoms with E-state index in [1.54, 1.807) is 0 Å². The summed E-state index contributed by atoms with van der Waals surface area (Å²) in [5, 5.41) is 0. The first-order valence-corrected chi connectivity index (χ1v) is 4.89. The molecule has 0 amide bonds. The minimum Gasteiger partial charge on any atom is -0.398 e. The van der Waals surface area contributed by atoms with Crippen molar-refractivity contribution in [1.29, 1.82) is 0 Å². The molecule has 70 valence electrons. The molecule has 1 nitrogen and oxygen atoms in total. The zero-order valence-corrected chi connectivity index (χ0v) is 8.59. The van der Waals surface area contributed by atoms with Gasteiger partial charge in [0.2, 0.25) is 0 Å². The van der Waals surface area contributed by atoms with E-state index in [2.05, 4.69) is 32.9 Å². The predicted octanol–water partition coefficient (Wildman–Crippen LogP) is 2.95. The minimum atomic E-state index is 0.373. The zero-order chi connectivity index (χ0) is 9.64. The van der Waals surface area contributed by atoms with Gasteiger partial charge in [-0.25, -0.2) is 0 Å². The summed E-state index contributed by atoms with van der Waals surface area (Å²) in [5.74, 6) is 0.631. The Morgan fingerprint density at radius 3 is 2.69 bits per heavy atom. The molecule has 0 aromatic heterocycles. The first-order valence-electron chi connectivity index (χ1n) is 4.89. The molecule has 2 N–H and O–H groups in total. The first-order chi connectivity index (χ1) is 6.02. The lowest BCUT2D eigenvalue weighted by molar-refractivity contribution is 0.330. The Morgan fingerprint density at radius 2 is 2.08 bits per heavy atom. The average Bonchev–Trinajstić information content (AvgIpc) is 2.28. The predicted molar refractivity (Wildman–Crippen MR) is 56.8 cm³/mol. The Morgan fingerprint density at radius 1 is 1.38 bits per heavy atom. The number of hydrogen-bond acceptors (Lipinski definition) is 1. The van der Waals surface area contributed by atoms with Crippen molar-refractivity contribution in [3.8, 4) is 0 Å². The Bertz CT molecular complexity index is 339. The molecule has 0 saturated carbocycles. The van der Waals surface area contributed by atoms with Gasteiger partial charge in [0, 0.05) is 5.69 Å². The minimum absolute atomic E-state index is 0.373. The molecular weight excluding hydrogens is 158 g/mol. The van der Waals surface area contributed by atoms with E-state index in [-0.39, 0.29) is 0 Å². The third-order valence-electron chi connectivity index (χ3n) is 3.52.